The van der Waals surface area contributed by atoms with E-state index >= 15 is 0 Å². The fraction of sp³-hybridized carbons (Fsp3) is 0.102. The van der Waals surface area contributed by atoms with Crippen molar-refractivity contribution in [2.45, 2.75) is 33.1 Å². The van der Waals surface area contributed by atoms with Crippen LogP contribution in [0.1, 0.15) is 36.1 Å². The zero-order valence-corrected chi connectivity index (χ0v) is 29.6. The molecule has 8 aromatic carbocycles. The van der Waals surface area contributed by atoms with E-state index in [1.54, 1.807) is 0 Å². The van der Waals surface area contributed by atoms with E-state index in [9.17, 15) is 0 Å². The summed E-state index contributed by atoms with van der Waals surface area (Å²) >= 11 is 0. The fourth-order valence-corrected chi connectivity index (χ4v) is 8.14. The third kappa shape index (κ3) is 5.10. The normalized spacial score (nSPS) is 13.2. The van der Waals surface area contributed by atoms with Gasteiger partial charge < -0.3 is 9.80 Å². The highest BCUT2D eigenvalue weighted by Gasteiger charge is 2.37. The molecule has 1 heterocycles. The molecule has 51 heavy (non-hydrogen) atoms. The van der Waals surface area contributed by atoms with Crippen LogP contribution in [0.5, 0.6) is 0 Å². The maximum atomic E-state index is 2.46. The van der Waals surface area contributed by atoms with Crippen molar-refractivity contribution in [3.05, 3.63) is 192 Å². The molecule has 0 amide bonds. The van der Waals surface area contributed by atoms with Crippen molar-refractivity contribution in [3.8, 4) is 11.1 Å². The van der Waals surface area contributed by atoms with Crippen molar-refractivity contribution in [3.63, 3.8) is 0 Å². The average molecular weight is 657 g/mol. The molecule has 246 valence electrons. The lowest BCUT2D eigenvalue weighted by Crippen LogP contribution is -2.30. The molecule has 0 saturated carbocycles. The van der Waals surface area contributed by atoms with Gasteiger partial charge in [0.1, 0.15) is 0 Å². The van der Waals surface area contributed by atoms with Crippen LogP contribution < -0.4 is 9.80 Å². The fourth-order valence-electron chi connectivity index (χ4n) is 8.14. The van der Waals surface area contributed by atoms with Crippen molar-refractivity contribution in [2.75, 3.05) is 9.80 Å². The Kier molecular flexibility index (Phi) is 7.29. The third-order valence-electron chi connectivity index (χ3n) is 10.9. The zero-order chi connectivity index (χ0) is 34.7. The minimum atomic E-state index is -0.183. The first-order valence-electron chi connectivity index (χ1n) is 17.9. The highest BCUT2D eigenvalue weighted by Crippen LogP contribution is 2.53. The van der Waals surface area contributed by atoms with Crippen LogP contribution >= 0.6 is 0 Å². The molecule has 0 saturated heterocycles. The van der Waals surface area contributed by atoms with Crippen LogP contribution in [0.4, 0.5) is 34.1 Å². The smallest absolute Gasteiger partial charge is 0.0503 e. The second-order valence-corrected chi connectivity index (χ2v) is 14.4. The summed E-state index contributed by atoms with van der Waals surface area (Å²) in [5.41, 5.74) is 14.5. The van der Waals surface area contributed by atoms with Crippen LogP contribution in [-0.4, -0.2) is 0 Å². The summed E-state index contributed by atoms with van der Waals surface area (Å²) < 4.78 is 0. The number of nitrogens with zero attached hydrogens (tertiary/aromatic N) is 2. The number of aryl methyl sites for hydroxylation is 2. The Balaban J connectivity index is 1.14. The van der Waals surface area contributed by atoms with Gasteiger partial charge >= 0.3 is 0 Å². The first kappa shape index (κ1) is 30.9. The van der Waals surface area contributed by atoms with E-state index in [0.29, 0.717) is 0 Å². The maximum Gasteiger partial charge on any atom is 0.0503 e. The summed E-state index contributed by atoms with van der Waals surface area (Å²) in [6.45, 7) is 9.10. The molecule has 0 bridgehead atoms. The first-order chi connectivity index (χ1) is 24.9. The summed E-state index contributed by atoms with van der Waals surface area (Å²) in [6, 6.07) is 62.4. The van der Waals surface area contributed by atoms with Gasteiger partial charge in [-0.3, -0.25) is 0 Å². The molecule has 1 aliphatic rings. The van der Waals surface area contributed by atoms with Gasteiger partial charge in [0.05, 0.1) is 11.4 Å². The Morgan fingerprint density at radius 3 is 1.78 bits per heavy atom. The van der Waals surface area contributed by atoms with Gasteiger partial charge in [-0.1, -0.05) is 129 Å². The Morgan fingerprint density at radius 2 is 1.04 bits per heavy atom. The Labute approximate surface area is 300 Å². The van der Waals surface area contributed by atoms with Crippen LogP contribution in [0, 0.1) is 13.8 Å². The summed E-state index contributed by atoms with van der Waals surface area (Å²) in [7, 11) is 0. The lowest BCUT2D eigenvalue weighted by Gasteiger charge is -2.42. The number of rotatable bonds is 5. The highest BCUT2D eigenvalue weighted by molar-refractivity contribution is 6.08. The molecule has 0 aliphatic carbocycles. The van der Waals surface area contributed by atoms with Gasteiger partial charge in [0.2, 0.25) is 0 Å². The molecule has 8 aromatic rings. The van der Waals surface area contributed by atoms with Gasteiger partial charge in [0.15, 0.2) is 0 Å². The second-order valence-electron chi connectivity index (χ2n) is 14.4. The molecule has 0 spiro atoms. The Hall–Kier alpha value is -6.12. The molecule has 2 heteroatoms. The monoisotopic (exact) mass is 656 g/mol. The average Bonchev–Trinajstić information content (AvgIpc) is 3.16. The number of hydrogen-bond donors (Lipinski definition) is 0. The summed E-state index contributed by atoms with van der Waals surface area (Å²) in [4.78, 5) is 4.84. The Morgan fingerprint density at radius 1 is 0.451 bits per heavy atom. The van der Waals surface area contributed by atoms with E-state index in [1.165, 1.54) is 83.4 Å². The molecule has 2 nitrogen and oxygen atoms in total. The molecular weight excluding hydrogens is 617 g/mol. The molecule has 0 radical (unpaired) electrons. The lowest BCUT2D eigenvalue weighted by atomic mass is 9.73. The van der Waals surface area contributed by atoms with E-state index in [4.69, 9.17) is 0 Å². The quantitative estimate of drug-likeness (QED) is 0.170. The number of fused-ring (bicyclic) bond motifs is 5. The minimum absolute atomic E-state index is 0.183. The zero-order valence-electron chi connectivity index (χ0n) is 29.6. The lowest BCUT2D eigenvalue weighted by molar-refractivity contribution is 0.632. The predicted molar refractivity (Wildman–Crippen MR) is 218 cm³/mol. The molecule has 0 N–H and O–H groups in total. The maximum absolute atomic E-state index is 2.46. The van der Waals surface area contributed by atoms with E-state index in [0.717, 1.165) is 5.69 Å². The van der Waals surface area contributed by atoms with E-state index < -0.39 is 0 Å². The van der Waals surface area contributed by atoms with Crippen molar-refractivity contribution >= 4 is 55.7 Å². The van der Waals surface area contributed by atoms with E-state index in [2.05, 4.69) is 207 Å². The number of para-hydroxylation sites is 3. The van der Waals surface area contributed by atoms with Gasteiger partial charge in [-0.2, -0.15) is 0 Å². The number of anilines is 6. The highest BCUT2D eigenvalue weighted by atomic mass is 15.2. The molecule has 0 atom stereocenters. The predicted octanol–water partition coefficient (Wildman–Crippen LogP) is 13.9. The summed E-state index contributed by atoms with van der Waals surface area (Å²) in [5.74, 6) is 0. The SMILES string of the molecule is Cc1ccccc1N(c1ccc(-c2ccc3c(c2)C(C)(C)c2ccccc2N3c2ccc3c(ccc4ccccc43)c2)cc1)c1ccccc1C. The summed E-state index contributed by atoms with van der Waals surface area (Å²) in [6.07, 6.45) is 0. The van der Waals surface area contributed by atoms with Crippen LogP contribution in [0.15, 0.2) is 170 Å². The first-order valence-corrected chi connectivity index (χ1v) is 17.9. The molecule has 0 unspecified atom stereocenters. The van der Waals surface area contributed by atoms with Crippen molar-refractivity contribution < 1.29 is 0 Å². The largest absolute Gasteiger partial charge is 0.310 e. The molecule has 9 rings (SSSR count). The van der Waals surface area contributed by atoms with Gasteiger partial charge in [-0.05, 0) is 123 Å². The molecule has 0 fully saturated rings. The second kappa shape index (κ2) is 12.0. The van der Waals surface area contributed by atoms with Gasteiger partial charge in [-0.25, -0.2) is 0 Å². The van der Waals surface area contributed by atoms with Gasteiger partial charge in [-0.15, -0.1) is 0 Å². The van der Waals surface area contributed by atoms with Crippen molar-refractivity contribution in [2.24, 2.45) is 0 Å². The molecule has 0 aromatic heterocycles. The minimum Gasteiger partial charge on any atom is -0.310 e. The van der Waals surface area contributed by atoms with Crippen molar-refractivity contribution in [1.82, 2.24) is 0 Å². The van der Waals surface area contributed by atoms with E-state index in [1.807, 2.05) is 0 Å². The number of hydrogen-bond acceptors (Lipinski definition) is 2. The topological polar surface area (TPSA) is 6.48 Å². The van der Waals surface area contributed by atoms with E-state index in [-0.39, 0.29) is 5.41 Å². The third-order valence-corrected chi connectivity index (χ3v) is 10.9. The standard InChI is InChI=1S/C49H40N2/c1-33-13-5-10-18-45(33)50(46-19-11-6-14-34(46)2)39-26-23-35(24-27-39)37-25-30-48-44(32-37)49(3,4)43-17-9-12-20-47(43)51(48)40-28-29-42-38(31-40)22-21-36-15-7-8-16-41(36)42/h5-32H,1-4H3. The van der Waals surface area contributed by atoms with Crippen LogP contribution in [-0.2, 0) is 5.41 Å². The van der Waals surface area contributed by atoms with Crippen molar-refractivity contribution in [1.29, 1.82) is 0 Å². The van der Waals surface area contributed by atoms with Gasteiger partial charge in [0, 0.05) is 28.2 Å². The number of benzene rings is 8. The van der Waals surface area contributed by atoms with Gasteiger partial charge in [0.25, 0.3) is 0 Å². The Bertz CT molecular complexity index is 2550. The van der Waals surface area contributed by atoms with Crippen LogP contribution in [0.2, 0.25) is 0 Å². The van der Waals surface area contributed by atoms with Crippen LogP contribution in [0.3, 0.4) is 0 Å². The summed E-state index contributed by atoms with van der Waals surface area (Å²) in [5, 5.41) is 5.09. The molecular formula is C49H40N2. The van der Waals surface area contributed by atoms with Crippen LogP contribution in [0.25, 0.3) is 32.7 Å². The molecule has 1 aliphatic heterocycles.